The second kappa shape index (κ2) is 6.40. The van der Waals surface area contributed by atoms with Crippen LogP contribution >= 0.6 is 0 Å². The summed E-state index contributed by atoms with van der Waals surface area (Å²) in [6.07, 6.45) is 0.452. The Morgan fingerprint density at radius 1 is 1.39 bits per heavy atom. The second-order valence-electron chi connectivity index (χ2n) is 4.55. The van der Waals surface area contributed by atoms with Gasteiger partial charge in [0, 0.05) is 26.2 Å². The van der Waals surface area contributed by atoms with Crippen LogP contribution < -0.4 is 10.1 Å². The van der Waals surface area contributed by atoms with Crippen LogP contribution in [0.25, 0.3) is 0 Å². The fourth-order valence-corrected chi connectivity index (χ4v) is 2.03. The highest BCUT2D eigenvalue weighted by atomic mass is 16.5. The van der Waals surface area contributed by atoms with Gasteiger partial charge in [0.1, 0.15) is 5.75 Å². The molecule has 1 saturated heterocycles. The fourth-order valence-electron chi connectivity index (χ4n) is 2.03. The molecule has 0 radical (unpaired) electrons. The molecule has 0 saturated carbocycles. The van der Waals surface area contributed by atoms with E-state index < -0.39 is 0 Å². The lowest BCUT2D eigenvalue weighted by molar-refractivity contribution is -0.132. The maximum atomic E-state index is 11.9. The predicted molar refractivity (Wildman–Crippen MR) is 70.7 cm³/mol. The Kier molecular flexibility index (Phi) is 4.59. The first-order valence-corrected chi connectivity index (χ1v) is 6.44. The first-order valence-electron chi connectivity index (χ1n) is 6.44. The Balaban J connectivity index is 1.73. The van der Waals surface area contributed by atoms with Crippen LogP contribution in [-0.2, 0) is 4.79 Å². The number of nitrogens with zero attached hydrogens (tertiary/aromatic N) is 1. The number of piperazine rings is 1. The van der Waals surface area contributed by atoms with Crippen LogP contribution in [0.3, 0.4) is 0 Å². The van der Waals surface area contributed by atoms with E-state index in [9.17, 15) is 4.79 Å². The summed E-state index contributed by atoms with van der Waals surface area (Å²) in [6.45, 7) is 5.88. The Morgan fingerprint density at radius 2 is 2.17 bits per heavy atom. The minimum absolute atomic E-state index is 0.184. The van der Waals surface area contributed by atoms with Crippen LogP contribution in [0.1, 0.15) is 12.0 Å². The highest BCUT2D eigenvalue weighted by molar-refractivity contribution is 5.76. The Morgan fingerprint density at radius 3 is 2.89 bits per heavy atom. The molecule has 4 heteroatoms. The van der Waals surface area contributed by atoms with Crippen molar-refractivity contribution in [3.8, 4) is 5.75 Å². The van der Waals surface area contributed by atoms with Gasteiger partial charge in [-0.1, -0.05) is 12.1 Å². The summed E-state index contributed by atoms with van der Waals surface area (Å²) in [5.41, 5.74) is 1.17. The summed E-state index contributed by atoms with van der Waals surface area (Å²) in [5, 5.41) is 3.23. The molecule has 98 valence electrons. The maximum absolute atomic E-state index is 11.9. The molecule has 0 atom stereocenters. The average Bonchev–Trinajstić information content (AvgIpc) is 2.40. The van der Waals surface area contributed by atoms with E-state index in [1.165, 1.54) is 5.56 Å². The van der Waals surface area contributed by atoms with Crippen LogP contribution in [0, 0.1) is 6.92 Å². The van der Waals surface area contributed by atoms with Gasteiger partial charge in [0.15, 0.2) is 0 Å². The maximum Gasteiger partial charge on any atom is 0.226 e. The van der Waals surface area contributed by atoms with Crippen LogP contribution in [0.15, 0.2) is 24.3 Å². The Hall–Kier alpha value is -1.55. The lowest BCUT2D eigenvalue weighted by Gasteiger charge is -2.27. The number of aryl methyl sites for hydroxylation is 1. The third-order valence-corrected chi connectivity index (χ3v) is 3.04. The number of nitrogens with one attached hydrogen (secondary N) is 1. The molecule has 1 N–H and O–H groups in total. The summed E-state index contributed by atoms with van der Waals surface area (Å²) in [5.74, 6) is 1.02. The summed E-state index contributed by atoms with van der Waals surface area (Å²) >= 11 is 0. The molecule has 0 aliphatic carbocycles. The molecule has 2 rings (SSSR count). The van der Waals surface area contributed by atoms with Crippen molar-refractivity contribution in [1.82, 2.24) is 10.2 Å². The van der Waals surface area contributed by atoms with Gasteiger partial charge in [0.25, 0.3) is 0 Å². The standard InChI is InChI=1S/C14H20N2O2/c1-12-3-2-4-13(11-12)18-10-5-14(17)16-8-6-15-7-9-16/h2-4,11,15H,5-10H2,1H3. The zero-order valence-corrected chi connectivity index (χ0v) is 10.8. The zero-order valence-electron chi connectivity index (χ0n) is 10.8. The normalized spacial score (nSPS) is 15.5. The van der Waals surface area contributed by atoms with E-state index in [-0.39, 0.29) is 5.91 Å². The van der Waals surface area contributed by atoms with Crippen molar-refractivity contribution in [2.45, 2.75) is 13.3 Å². The van der Waals surface area contributed by atoms with Crippen LogP contribution in [0.2, 0.25) is 0 Å². The number of carbonyl (C=O) groups excluding carboxylic acids is 1. The molecule has 1 amide bonds. The van der Waals surface area contributed by atoms with E-state index >= 15 is 0 Å². The third kappa shape index (κ3) is 3.74. The van der Waals surface area contributed by atoms with Crippen molar-refractivity contribution in [3.63, 3.8) is 0 Å². The average molecular weight is 248 g/mol. The molecule has 1 fully saturated rings. The van der Waals surface area contributed by atoms with Gasteiger partial charge in [-0.15, -0.1) is 0 Å². The molecular formula is C14H20N2O2. The van der Waals surface area contributed by atoms with E-state index in [0.717, 1.165) is 31.9 Å². The summed E-state index contributed by atoms with van der Waals surface area (Å²) in [4.78, 5) is 13.8. The molecule has 18 heavy (non-hydrogen) atoms. The summed E-state index contributed by atoms with van der Waals surface area (Å²) < 4.78 is 5.59. The first kappa shape index (κ1) is 12.9. The predicted octanol–water partition coefficient (Wildman–Crippen LogP) is 1.20. The molecule has 0 bridgehead atoms. The molecule has 1 aromatic rings. The number of hydrogen-bond acceptors (Lipinski definition) is 3. The molecule has 1 aliphatic heterocycles. The topological polar surface area (TPSA) is 41.6 Å². The van der Waals surface area contributed by atoms with Gasteiger partial charge >= 0.3 is 0 Å². The van der Waals surface area contributed by atoms with Crippen LogP contribution in [-0.4, -0.2) is 43.6 Å². The largest absolute Gasteiger partial charge is 0.493 e. The third-order valence-electron chi connectivity index (χ3n) is 3.04. The molecular weight excluding hydrogens is 228 g/mol. The van der Waals surface area contributed by atoms with Crippen molar-refractivity contribution >= 4 is 5.91 Å². The second-order valence-corrected chi connectivity index (χ2v) is 4.55. The van der Waals surface area contributed by atoms with Crippen molar-refractivity contribution in [1.29, 1.82) is 0 Å². The minimum atomic E-state index is 0.184. The van der Waals surface area contributed by atoms with Crippen LogP contribution in [0.5, 0.6) is 5.75 Å². The fraction of sp³-hybridized carbons (Fsp3) is 0.500. The minimum Gasteiger partial charge on any atom is -0.493 e. The SMILES string of the molecule is Cc1cccc(OCCC(=O)N2CCNCC2)c1. The van der Waals surface area contributed by atoms with Crippen molar-refractivity contribution < 1.29 is 9.53 Å². The van der Waals surface area contributed by atoms with E-state index in [4.69, 9.17) is 4.74 Å². The lowest BCUT2D eigenvalue weighted by atomic mass is 10.2. The smallest absolute Gasteiger partial charge is 0.226 e. The molecule has 0 aromatic heterocycles. The molecule has 4 nitrogen and oxygen atoms in total. The summed E-state index contributed by atoms with van der Waals surface area (Å²) in [7, 11) is 0. The van der Waals surface area contributed by atoms with Gasteiger partial charge in [0.05, 0.1) is 13.0 Å². The van der Waals surface area contributed by atoms with Gasteiger partial charge in [0.2, 0.25) is 5.91 Å². The van der Waals surface area contributed by atoms with Crippen molar-refractivity contribution in [3.05, 3.63) is 29.8 Å². The van der Waals surface area contributed by atoms with Gasteiger partial charge < -0.3 is 15.0 Å². The molecule has 1 aliphatic rings. The quantitative estimate of drug-likeness (QED) is 0.870. The van der Waals surface area contributed by atoms with Gasteiger partial charge in [-0.2, -0.15) is 0 Å². The van der Waals surface area contributed by atoms with Crippen molar-refractivity contribution in [2.75, 3.05) is 32.8 Å². The van der Waals surface area contributed by atoms with Gasteiger partial charge in [-0.05, 0) is 24.6 Å². The molecule has 0 unspecified atom stereocenters. The lowest BCUT2D eigenvalue weighted by Crippen LogP contribution is -2.46. The van der Waals surface area contributed by atoms with E-state index in [1.54, 1.807) is 0 Å². The van der Waals surface area contributed by atoms with Crippen molar-refractivity contribution in [2.24, 2.45) is 0 Å². The first-order chi connectivity index (χ1) is 8.75. The van der Waals surface area contributed by atoms with E-state index in [1.807, 2.05) is 36.1 Å². The van der Waals surface area contributed by atoms with Gasteiger partial charge in [-0.3, -0.25) is 4.79 Å². The number of ether oxygens (including phenoxy) is 1. The van der Waals surface area contributed by atoms with Crippen LogP contribution in [0.4, 0.5) is 0 Å². The monoisotopic (exact) mass is 248 g/mol. The Labute approximate surface area is 108 Å². The molecule has 1 aromatic carbocycles. The van der Waals surface area contributed by atoms with E-state index in [0.29, 0.717) is 13.0 Å². The number of hydrogen-bond donors (Lipinski definition) is 1. The van der Waals surface area contributed by atoms with Gasteiger partial charge in [-0.25, -0.2) is 0 Å². The molecule has 1 heterocycles. The highest BCUT2D eigenvalue weighted by Gasteiger charge is 2.15. The zero-order chi connectivity index (χ0) is 12.8. The highest BCUT2D eigenvalue weighted by Crippen LogP contribution is 2.12. The number of rotatable bonds is 4. The van der Waals surface area contributed by atoms with E-state index in [2.05, 4.69) is 5.32 Å². The Bertz CT molecular complexity index is 401. The number of carbonyl (C=O) groups is 1. The number of benzene rings is 1. The molecule has 0 spiro atoms. The number of amides is 1. The summed E-state index contributed by atoms with van der Waals surface area (Å²) in [6, 6.07) is 7.89.